The first-order chi connectivity index (χ1) is 9.74. The van der Waals surface area contributed by atoms with Gasteiger partial charge in [-0.2, -0.15) is 0 Å². The van der Waals surface area contributed by atoms with Crippen LogP contribution in [-0.4, -0.2) is 15.9 Å². The molecule has 0 aliphatic rings. The summed E-state index contributed by atoms with van der Waals surface area (Å²) in [5.74, 6) is -0.166. The van der Waals surface area contributed by atoms with E-state index in [1.807, 2.05) is 24.3 Å². The number of nitrogens with one attached hydrogen (secondary N) is 2. The number of benzene rings is 1. The summed E-state index contributed by atoms with van der Waals surface area (Å²) in [7, 11) is 0. The summed E-state index contributed by atoms with van der Waals surface area (Å²) in [6.07, 6.45) is 3.42. The summed E-state index contributed by atoms with van der Waals surface area (Å²) in [4.78, 5) is 19.1. The van der Waals surface area contributed by atoms with Gasteiger partial charge in [-0.25, -0.2) is 0 Å². The van der Waals surface area contributed by atoms with Crippen molar-refractivity contribution in [3.05, 3.63) is 65.1 Å². The summed E-state index contributed by atoms with van der Waals surface area (Å²) in [6.45, 7) is 0.440. The normalized spacial score (nSPS) is 10.7. The Kier molecular flexibility index (Phi) is 3.39. The number of H-pyrrole nitrogens is 1. The molecule has 20 heavy (non-hydrogen) atoms. The molecule has 3 rings (SSSR count). The van der Waals surface area contributed by atoms with Crippen molar-refractivity contribution in [1.29, 1.82) is 0 Å². The van der Waals surface area contributed by atoms with Crippen LogP contribution in [0.1, 0.15) is 16.1 Å². The Bertz CT molecular complexity index is 752. The van der Waals surface area contributed by atoms with Gasteiger partial charge < -0.3 is 10.3 Å². The lowest BCUT2D eigenvalue weighted by Gasteiger charge is -2.03. The Morgan fingerprint density at radius 3 is 2.95 bits per heavy atom. The van der Waals surface area contributed by atoms with Crippen molar-refractivity contribution in [1.82, 2.24) is 15.3 Å². The lowest BCUT2D eigenvalue weighted by atomic mass is 10.2. The topological polar surface area (TPSA) is 57.8 Å². The van der Waals surface area contributed by atoms with Gasteiger partial charge in [0.05, 0.1) is 10.5 Å². The maximum atomic E-state index is 12.1. The molecule has 1 amide bonds. The molecule has 3 aromatic rings. The molecule has 2 heterocycles. The van der Waals surface area contributed by atoms with E-state index in [0.717, 1.165) is 16.5 Å². The zero-order chi connectivity index (χ0) is 13.9. The Hall–Kier alpha value is -2.33. The van der Waals surface area contributed by atoms with Gasteiger partial charge in [-0.3, -0.25) is 9.78 Å². The minimum atomic E-state index is -0.166. The van der Waals surface area contributed by atoms with Crippen molar-refractivity contribution in [2.75, 3.05) is 0 Å². The SMILES string of the molecule is O=C(NCc1cccnc1)c1cc2cccc(Cl)c2[nH]1. The van der Waals surface area contributed by atoms with Crippen LogP contribution in [0.5, 0.6) is 0 Å². The summed E-state index contributed by atoms with van der Waals surface area (Å²) in [5.41, 5.74) is 2.23. The fourth-order valence-corrected chi connectivity index (χ4v) is 2.25. The van der Waals surface area contributed by atoms with Crippen molar-refractivity contribution in [2.45, 2.75) is 6.54 Å². The first-order valence-electron chi connectivity index (χ1n) is 6.18. The number of fused-ring (bicyclic) bond motifs is 1. The molecule has 0 unspecified atom stereocenters. The standard InChI is InChI=1S/C15H12ClN3O/c16-12-5-1-4-11-7-13(19-14(11)12)15(20)18-9-10-3-2-6-17-8-10/h1-8,19H,9H2,(H,18,20). The van der Waals surface area contributed by atoms with E-state index in [1.165, 1.54) is 0 Å². The molecule has 0 bridgehead atoms. The van der Waals surface area contributed by atoms with Crippen LogP contribution in [0.2, 0.25) is 5.02 Å². The smallest absolute Gasteiger partial charge is 0.267 e. The molecule has 0 atom stereocenters. The van der Waals surface area contributed by atoms with Crippen LogP contribution < -0.4 is 5.32 Å². The quantitative estimate of drug-likeness (QED) is 0.777. The molecule has 0 aliphatic heterocycles. The Balaban J connectivity index is 1.77. The first-order valence-corrected chi connectivity index (χ1v) is 6.56. The predicted octanol–water partition coefficient (Wildman–Crippen LogP) is 3.15. The number of pyridine rings is 1. The van der Waals surface area contributed by atoms with E-state index in [9.17, 15) is 4.79 Å². The highest BCUT2D eigenvalue weighted by atomic mass is 35.5. The summed E-state index contributed by atoms with van der Waals surface area (Å²) in [6, 6.07) is 11.1. The van der Waals surface area contributed by atoms with Gasteiger partial charge in [0.25, 0.3) is 5.91 Å². The number of aromatic nitrogens is 2. The van der Waals surface area contributed by atoms with Gasteiger partial charge in [0.2, 0.25) is 0 Å². The van der Waals surface area contributed by atoms with Crippen molar-refractivity contribution in [3.8, 4) is 0 Å². The van der Waals surface area contributed by atoms with Gasteiger partial charge in [0.1, 0.15) is 5.69 Å². The molecule has 0 spiro atoms. The molecule has 100 valence electrons. The molecular formula is C15H12ClN3O. The summed E-state index contributed by atoms with van der Waals surface area (Å²) < 4.78 is 0. The van der Waals surface area contributed by atoms with Crippen molar-refractivity contribution < 1.29 is 4.79 Å². The Morgan fingerprint density at radius 2 is 2.20 bits per heavy atom. The van der Waals surface area contributed by atoms with E-state index < -0.39 is 0 Å². The van der Waals surface area contributed by atoms with Gasteiger partial charge in [-0.15, -0.1) is 0 Å². The lowest BCUT2D eigenvalue weighted by Crippen LogP contribution is -2.23. The molecule has 0 saturated heterocycles. The zero-order valence-corrected chi connectivity index (χ0v) is 11.3. The zero-order valence-electron chi connectivity index (χ0n) is 10.6. The second-order valence-electron chi connectivity index (χ2n) is 4.43. The van der Waals surface area contributed by atoms with Gasteiger partial charge in [-0.1, -0.05) is 29.8 Å². The molecule has 0 saturated carbocycles. The van der Waals surface area contributed by atoms with Crippen LogP contribution in [0, 0.1) is 0 Å². The fraction of sp³-hybridized carbons (Fsp3) is 0.0667. The van der Waals surface area contributed by atoms with Crippen LogP contribution in [-0.2, 0) is 6.54 Å². The molecule has 2 N–H and O–H groups in total. The highest BCUT2D eigenvalue weighted by Crippen LogP contribution is 2.23. The van der Waals surface area contributed by atoms with E-state index in [2.05, 4.69) is 15.3 Å². The molecule has 2 aromatic heterocycles. The third kappa shape index (κ3) is 2.51. The number of carbonyl (C=O) groups is 1. The second-order valence-corrected chi connectivity index (χ2v) is 4.84. The van der Waals surface area contributed by atoms with Crippen LogP contribution in [0.15, 0.2) is 48.8 Å². The molecule has 1 aromatic carbocycles. The van der Waals surface area contributed by atoms with Gasteiger partial charge >= 0.3 is 0 Å². The van der Waals surface area contributed by atoms with Crippen LogP contribution in [0.3, 0.4) is 0 Å². The third-order valence-electron chi connectivity index (χ3n) is 3.03. The van der Waals surface area contributed by atoms with Gasteiger partial charge in [0.15, 0.2) is 0 Å². The monoisotopic (exact) mass is 285 g/mol. The number of aromatic amines is 1. The van der Waals surface area contributed by atoms with E-state index in [-0.39, 0.29) is 5.91 Å². The molecule has 0 aliphatic carbocycles. The van der Waals surface area contributed by atoms with Crippen molar-refractivity contribution >= 4 is 28.4 Å². The maximum absolute atomic E-state index is 12.1. The minimum absolute atomic E-state index is 0.166. The van der Waals surface area contributed by atoms with E-state index in [4.69, 9.17) is 11.6 Å². The number of amides is 1. The average Bonchev–Trinajstić information content (AvgIpc) is 2.91. The van der Waals surface area contributed by atoms with Crippen LogP contribution in [0.4, 0.5) is 0 Å². The molecule has 5 heteroatoms. The first kappa shape index (κ1) is 12.7. The highest BCUT2D eigenvalue weighted by Gasteiger charge is 2.10. The van der Waals surface area contributed by atoms with Crippen LogP contribution in [0.25, 0.3) is 10.9 Å². The van der Waals surface area contributed by atoms with Gasteiger partial charge in [-0.05, 0) is 23.8 Å². The number of rotatable bonds is 3. The van der Waals surface area contributed by atoms with E-state index in [0.29, 0.717) is 17.3 Å². The molecule has 4 nitrogen and oxygen atoms in total. The second kappa shape index (κ2) is 5.35. The van der Waals surface area contributed by atoms with Crippen molar-refractivity contribution in [2.24, 2.45) is 0 Å². The number of carbonyl (C=O) groups excluding carboxylic acids is 1. The number of para-hydroxylation sites is 1. The lowest BCUT2D eigenvalue weighted by molar-refractivity contribution is 0.0946. The molecule has 0 fully saturated rings. The minimum Gasteiger partial charge on any atom is -0.349 e. The highest BCUT2D eigenvalue weighted by molar-refractivity contribution is 6.35. The average molecular weight is 286 g/mol. The van der Waals surface area contributed by atoms with Crippen LogP contribution >= 0.6 is 11.6 Å². The largest absolute Gasteiger partial charge is 0.349 e. The Labute approximate surface area is 120 Å². The fourth-order valence-electron chi connectivity index (χ4n) is 2.02. The number of hydrogen-bond donors (Lipinski definition) is 2. The summed E-state index contributed by atoms with van der Waals surface area (Å²) in [5, 5.41) is 4.37. The maximum Gasteiger partial charge on any atom is 0.267 e. The van der Waals surface area contributed by atoms with E-state index in [1.54, 1.807) is 24.5 Å². The molecular weight excluding hydrogens is 274 g/mol. The van der Waals surface area contributed by atoms with Gasteiger partial charge in [0, 0.05) is 24.3 Å². The number of halogens is 1. The predicted molar refractivity (Wildman–Crippen MR) is 78.7 cm³/mol. The number of hydrogen-bond acceptors (Lipinski definition) is 2. The van der Waals surface area contributed by atoms with Crippen molar-refractivity contribution in [3.63, 3.8) is 0 Å². The molecule has 0 radical (unpaired) electrons. The summed E-state index contributed by atoms with van der Waals surface area (Å²) >= 11 is 6.08. The van der Waals surface area contributed by atoms with E-state index >= 15 is 0 Å². The number of nitrogens with zero attached hydrogens (tertiary/aromatic N) is 1. The third-order valence-corrected chi connectivity index (χ3v) is 3.34. The Morgan fingerprint density at radius 1 is 1.30 bits per heavy atom.